The summed E-state index contributed by atoms with van der Waals surface area (Å²) < 4.78 is 9.62. The summed E-state index contributed by atoms with van der Waals surface area (Å²) >= 11 is 0. The van der Waals surface area contributed by atoms with Crippen molar-refractivity contribution >= 4 is 18.0 Å². The molecule has 0 aromatic heterocycles. The number of esters is 1. The number of methoxy groups -OCH3 is 1. The minimum absolute atomic E-state index is 0.366. The summed E-state index contributed by atoms with van der Waals surface area (Å²) in [5.74, 6) is -0.892. The van der Waals surface area contributed by atoms with Crippen molar-refractivity contribution in [2.45, 2.75) is 51.3 Å². The highest BCUT2D eigenvalue weighted by molar-refractivity contribution is 5.90. The molecule has 0 radical (unpaired) electrons. The van der Waals surface area contributed by atoms with Crippen molar-refractivity contribution in [1.29, 1.82) is 0 Å². The number of carbonyl (C=O) groups excluding carboxylic acids is 3. The SMILES string of the molecule is COC(=O)[C@@H]1CC[C@H](NC(=O)OC(C)(C)C)C(=O)N1. The molecular formula is C12H20N2O5. The standard InChI is InChI=1S/C12H20N2O5/c1-12(2,3)19-11(17)14-7-5-6-8(10(16)18-4)13-9(7)15/h7-8H,5-6H2,1-4H3,(H,13,15)(H,14,17)/t7-,8-/m0/s1. The summed E-state index contributed by atoms with van der Waals surface area (Å²) in [5.41, 5.74) is -0.621. The van der Waals surface area contributed by atoms with Gasteiger partial charge in [0.1, 0.15) is 17.7 Å². The van der Waals surface area contributed by atoms with Crippen LogP contribution in [-0.4, -0.2) is 42.8 Å². The van der Waals surface area contributed by atoms with Crippen molar-refractivity contribution in [3.63, 3.8) is 0 Å². The normalized spacial score (nSPS) is 23.3. The van der Waals surface area contributed by atoms with Gasteiger partial charge in [-0.1, -0.05) is 0 Å². The summed E-state index contributed by atoms with van der Waals surface area (Å²) in [4.78, 5) is 34.6. The summed E-state index contributed by atoms with van der Waals surface area (Å²) in [7, 11) is 1.26. The van der Waals surface area contributed by atoms with Gasteiger partial charge in [-0.15, -0.1) is 0 Å². The van der Waals surface area contributed by atoms with Gasteiger partial charge in [-0.25, -0.2) is 9.59 Å². The Balaban J connectivity index is 2.48. The van der Waals surface area contributed by atoms with Crippen LogP contribution in [0.2, 0.25) is 0 Å². The van der Waals surface area contributed by atoms with Gasteiger partial charge in [-0.2, -0.15) is 0 Å². The van der Waals surface area contributed by atoms with Crippen LogP contribution in [-0.2, 0) is 19.1 Å². The molecule has 1 aliphatic heterocycles. The van der Waals surface area contributed by atoms with Crippen molar-refractivity contribution in [2.24, 2.45) is 0 Å². The molecule has 108 valence electrons. The zero-order valence-electron chi connectivity index (χ0n) is 11.6. The minimum atomic E-state index is -0.684. The van der Waals surface area contributed by atoms with Crippen LogP contribution in [0.25, 0.3) is 0 Å². The summed E-state index contributed by atoms with van der Waals surface area (Å²) in [5, 5.41) is 4.98. The highest BCUT2D eigenvalue weighted by Gasteiger charge is 2.33. The molecule has 2 atom stereocenters. The van der Waals surface area contributed by atoms with E-state index in [1.54, 1.807) is 20.8 Å². The number of piperidine rings is 1. The first-order chi connectivity index (χ1) is 8.73. The topological polar surface area (TPSA) is 93.7 Å². The monoisotopic (exact) mass is 272 g/mol. The molecule has 0 aromatic carbocycles. The molecule has 0 aliphatic carbocycles. The fourth-order valence-corrected chi connectivity index (χ4v) is 1.72. The van der Waals surface area contributed by atoms with E-state index < -0.39 is 35.7 Å². The summed E-state index contributed by atoms with van der Waals surface area (Å²) in [6, 6.07) is -1.33. The average molecular weight is 272 g/mol. The van der Waals surface area contributed by atoms with Crippen molar-refractivity contribution in [1.82, 2.24) is 10.6 Å². The summed E-state index contributed by atoms with van der Waals surface area (Å²) in [6.07, 6.45) is 0.133. The molecule has 2 amide bonds. The maximum atomic E-state index is 11.7. The Hall–Kier alpha value is -1.79. The lowest BCUT2D eigenvalue weighted by Crippen LogP contribution is -2.56. The average Bonchev–Trinajstić information content (AvgIpc) is 2.28. The van der Waals surface area contributed by atoms with Gasteiger partial charge in [0.25, 0.3) is 0 Å². The highest BCUT2D eigenvalue weighted by Crippen LogP contribution is 2.12. The molecule has 1 heterocycles. The molecule has 2 N–H and O–H groups in total. The van der Waals surface area contributed by atoms with Crippen molar-refractivity contribution in [3.8, 4) is 0 Å². The Morgan fingerprint density at radius 1 is 1.32 bits per heavy atom. The number of hydrogen-bond donors (Lipinski definition) is 2. The van der Waals surface area contributed by atoms with Crippen LogP contribution in [0.1, 0.15) is 33.6 Å². The molecule has 19 heavy (non-hydrogen) atoms. The molecule has 1 saturated heterocycles. The molecule has 0 spiro atoms. The number of rotatable bonds is 2. The van der Waals surface area contributed by atoms with Gasteiger partial charge in [0.2, 0.25) is 5.91 Å². The number of hydrogen-bond acceptors (Lipinski definition) is 5. The van der Waals surface area contributed by atoms with E-state index >= 15 is 0 Å². The maximum absolute atomic E-state index is 11.7. The van der Waals surface area contributed by atoms with Gasteiger partial charge in [-0.05, 0) is 33.6 Å². The van der Waals surface area contributed by atoms with Crippen LogP contribution < -0.4 is 10.6 Å². The van der Waals surface area contributed by atoms with Gasteiger partial charge in [-0.3, -0.25) is 4.79 Å². The second-order valence-corrected chi connectivity index (χ2v) is 5.36. The third-order valence-corrected chi connectivity index (χ3v) is 2.55. The van der Waals surface area contributed by atoms with E-state index in [1.807, 2.05) is 0 Å². The fourth-order valence-electron chi connectivity index (χ4n) is 1.72. The van der Waals surface area contributed by atoms with E-state index in [9.17, 15) is 14.4 Å². The van der Waals surface area contributed by atoms with Crippen LogP contribution in [0, 0.1) is 0 Å². The molecule has 7 nitrogen and oxygen atoms in total. The van der Waals surface area contributed by atoms with Gasteiger partial charge in [0, 0.05) is 0 Å². The lowest BCUT2D eigenvalue weighted by molar-refractivity contribution is -0.146. The van der Waals surface area contributed by atoms with Gasteiger partial charge in [0.15, 0.2) is 0 Å². The number of ether oxygens (including phenoxy) is 2. The van der Waals surface area contributed by atoms with Crippen LogP contribution in [0.5, 0.6) is 0 Å². The molecule has 1 rings (SSSR count). The number of amides is 2. The van der Waals surface area contributed by atoms with Gasteiger partial charge >= 0.3 is 12.1 Å². The molecule has 1 aliphatic rings. The Labute approximate surface area is 112 Å². The highest BCUT2D eigenvalue weighted by atomic mass is 16.6. The quantitative estimate of drug-likeness (QED) is 0.707. The number of nitrogens with one attached hydrogen (secondary N) is 2. The fraction of sp³-hybridized carbons (Fsp3) is 0.750. The van der Waals surface area contributed by atoms with Crippen LogP contribution in [0.4, 0.5) is 4.79 Å². The zero-order chi connectivity index (χ0) is 14.6. The van der Waals surface area contributed by atoms with E-state index in [4.69, 9.17) is 4.74 Å². The van der Waals surface area contributed by atoms with Crippen molar-refractivity contribution in [3.05, 3.63) is 0 Å². The lowest BCUT2D eigenvalue weighted by Gasteiger charge is -2.29. The van der Waals surface area contributed by atoms with E-state index in [0.717, 1.165) is 0 Å². The van der Waals surface area contributed by atoms with Gasteiger partial charge in [0.05, 0.1) is 7.11 Å². The smallest absolute Gasteiger partial charge is 0.408 e. The predicted molar refractivity (Wildman–Crippen MR) is 66.3 cm³/mol. The zero-order valence-corrected chi connectivity index (χ0v) is 11.6. The van der Waals surface area contributed by atoms with Crippen molar-refractivity contribution < 1.29 is 23.9 Å². The third kappa shape index (κ3) is 4.76. The van der Waals surface area contributed by atoms with E-state index in [0.29, 0.717) is 12.8 Å². The maximum Gasteiger partial charge on any atom is 0.408 e. The second-order valence-electron chi connectivity index (χ2n) is 5.36. The van der Waals surface area contributed by atoms with E-state index in [2.05, 4.69) is 15.4 Å². The van der Waals surface area contributed by atoms with Crippen LogP contribution in [0.3, 0.4) is 0 Å². The molecule has 0 bridgehead atoms. The first-order valence-electron chi connectivity index (χ1n) is 6.10. The molecule has 7 heteroatoms. The first-order valence-corrected chi connectivity index (χ1v) is 6.10. The Bertz CT molecular complexity index is 375. The number of alkyl carbamates (subject to hydrolysis) is 1. The lowest BCUT2D eigenvalue weighted by atomic mass is 10.0. The molecule has 0 saturated carbocycles. The van der Waals surface area contributed by atoms with E-state index in [1.165, 1.54) is 7.11 Å². The Morgan fingerprint density at radius 3 is 2.42 bits per heavy atom. The molecular weight excluding hydrogens is 252 g/mol. The van der Waals surface area contributed by atoms with Crippen LogP contribution in [0.15, 0.2) is 0 Å². The Morgan fingerprint density at radius 2 is 1.95 bits per heavy atom. The second kappa shape index (κ2) is 5.90. The van der Waals surface area contributed by atoms with Crippen molar-refractivity contribution in [2.75, 3.05) is 7.11 Å². The van der Waals surface area contributed by atoms with Gasteiger partial charge < -0.3 is 20.1 Å². The molecule has 0 aromatic rings. The largest absolute Gasteiger partial charge is 0.467 e. The molecule has 0 unspecified atom stereocenters. The minimum Gasteiger partial charge on any atom is -0.467 e. The van der Waals surface area contributed by atoms with E-state index in [-0.39, 0.29) is 0 Å². The number of carbonyl (C=O) groups is 3. The predicted octanol–water partition coefficient (Wildman–Crippen LogP) is 0.331. The molecule has 1 fully saturated rings. The van der Waals surface area contributed by atoms with Crippen LogP contribution >= 0.6 is 0 Å². The Kier molecular flexibility index (Phi) is 4.74. The summed E-state index contributed by atoms with van der Waals surface area (Å²) in [6.45, 7) is 5.21. The third-order valence-electron chi connectivity index (χ3n) is 2.55. The first kappa shape index (κ1) is 15.3.